The first-order valence-electron chi connectivity index (χ1n) is 5.43. The van der Waals surface area contributed by atoms with Crippen molar-refractivity contribution in [1.29, 1.82) is 0 Å². The Bertz CT molecular complexity index is 173. The largest absolute Gasteiger partial charge is 0.394 e. The zero-order valence-electron chi connectivity index (χ0n) is 9.74. The van der Waals surface area contributed by atoms with Crippen molar-refractivity contribution < 1.29 is 32.6 Å². The summed E-state index contributed by atoms with van der Waals surface area (Å²) in [7, 11) is -0.983. The molecule has 0 aliphatic rings. The van der Waals surface area contributed by atoms with Crippen LogP contribution >= 0.6 is 0 Å². The standard InChI is InChI=1S/C8H18O6/c1-13-6(4-10)7(12)8(14-2)5(11)3-9/h5-12H,3-4H2,1-2H3/t5-,6+,7-,8-/m1/s1/i1D,2D. The summed E-state index contributed by atoms with van der Waals surface area (Å²) >= 11 is 0. The third kappa shape index (κ3) is 3.49. The Kier molecular flexibility index (Phi) is 5.22. The van der Waals surface area contributed by atoms with Crippen molar-refractivity contribution in [3.8, 4) is 0 Å². The molecular weight excluding hydrogens is 192 g/mol. The Hall–Kier alpha value is -0.240. The van der Waals surface area contributed by atoms with Gasteiger partial charge in [0.2, 0.25) is 0 Å². The molecule has 86 valence electrons. The van der Waals surface area contributed by atoms with Gasteiger partial charge in [-0.1, -0.05) is 0 Å². The highest BCUT2D eigenvalue weighted by Gasteiger charge is 2.32. The molecule has 0 radical (unpaired) electrons. The first-order chi connectivity index (χ1) is 7.62. The van der Waals surface area contributed by atoms with E-state index in [1.54, 1.807) is 0 Å². The van der Waals surface area contributed by atoms with E-state index in [0.717, 1.165) is 0 Å². The Morgan fingerprint density at radius 2 is 1.79 bits per heavy atom. The SMILES string of the molecule is [2H]CO[C@@H]([C@H](O)[C@H](CO)OC[2H])[C@H](O)CO. The average molecular weight is 212 g/mol. The third-order valence-corrected chi connectivity index (χ3v) is 1.87. The molecule has 0 bridgehead atoms. The molecule has 0 amide bonds. The maximum atomic E-state index is 9.68. The van der Waals surface area contributed by atoms with Gasteiger partial charge in [-0.2, -0.15) is 0 Å². The van der Waals surface area contributed by atoms with Crippen LogP contribution in [0.3, 0.4) is 0 Å². The molecular formula is C8H18O6. The molecule has 0 fully saturated rings. The summed E-state index contributed by atoms with van der Waals surface area (Å²) in [4.78, 5) is 0. The van der Waals surface area contributed by atoms with Crippen molar-refractivity contribution in [3.63, 3.8) is 0 Å². The summed E-state index contributed by atoms with van der Waals surface area (Å²) in [5.74, 6) is 0. The fourth-order valence-electron chi connectivity index (χ4n) is 1.01. The molecule has 14 heavy (non-hydrogen) atoms. The van der Waals surface area contributed by atoms with Crippen molar-refractivity contribution in [2.24, 2.45) is 0 Å². The molecule has 0 unspecified atom stereocenters. The molecule has 0 spiro atoms. The minimum absolute atomic E-state index is 0.467. The monoisotopic (exact) mass is 212 g/mol. The van der Waals surface area contributed by atoms with Crippen LogP contribution in [-0.2, 0) is 9.47 Å². The molecule has 0 rings (SSSR count). The van der Waals surface area contributed by atoms with E-state index in [2.05, 4.69) is 0 Å². The second kappa shape index (κ2) is 7.10. The van der Waals surface area contributed by atoms with Crippen LogP contribution in [0.1, 0.15) is 2.74 Å². The van der Waals surface area contributed by atoms with E-state index in [1.807, 2.05) is 0 Å². The van der Waals surface area contributed by atoms with Crippen LogP contribution in [0.4, 0.5) is 0 Å². The first kappa shape index (κ1) is 10.3. The highest BCUT2D eigenvalue weighted by molar-refractivity contribution is 4.82. The summed E-state index contributed by atoms with van der Waals surface area (Å²) < 4.78 is 23.1. The van der Waals surface area contributed by atoms with Gasteiger partial charge in [-0.15, -0.1) is 0 Å². The zero-order valence-corrected chi connectivity index (χ0v) is 7.74. The number of ether oxygens (including phenoxy) is 2. The van der Waals surface area contributed by atoms with E-state index in [0.29, 0.717) is 0 Å². The predicted octanol–water partition coefficient (Wildman–Crippen LogP) is -2.28. The number of methoxy groups -OCH3 is 2. The van der Waals surface area contributed by atoms with Gasteiger partial charge >= 0.3 is 0 Å². The van der Waals surface area contributed by atoms with Crippen LogP contribution in [0.2, 0.25) is 0 Å². The van der Waals surface area contributed by atoms with Crippen LogP contribution < -0.4 is 0 Å². The van der Waals surface area contributed by atoms with E-state index in [9.17, 15) is 10.2 Å². The van der Waals surface area contributed by atoms with E-state index in [4.69, 9.17) is 22.4 Å². The summed E-state index contributed by atoms with van der Waals surface area (Å²) in [6, 6.07) is 0. The lowest BCUT2D eigenvalue weighted by atomic mass is 10.0. The Balaban J connectivity index is 4.49. The van der Waals surface area contributed by atoms with Crippen LogP contribution in [-0.4, -0.2) is 72.2 Å². The number of rotatable bonds is 7. The van der Waals surface area contributed by atoms with Crippen molar-refractivity contribution >= 4 is 0 Å². The summed E-state index contributed by atoms with van der Waals surface area (Å²) in [6.45, 7) is -1.21. The molecule has 0 aliphatic heterocycles. The maximum absolute atomic E-state index is 9.68. The van der Waals surface area contributed by atoms with Crippen molar-refractivity contribution in [1.82, 2.24) is 0 Å². The minimum atomic E-state index is -1.43. The van der Waals surface area contributed by atoms with Crippen molar-refractivity contribution in [3.05, 3.63) is 0 Å². The predicted molar refractivity (Wildman–Crippen MR) is 47.8 cm³/mol. The van der Waals surface area contributed by atoms with E-state index < -0.39 is 51.8 Å². The second-order valence-electron chi connectivity index (χ2n) is 2.76. The maximum Gasteiger partial charge on any atom is 0.114 e. The van der Waals surface area contributed by atoms with Gasteiger partial charge < -0.3 is 29.9 Å². The molecule has 0 aromatic carbocycles. The lowest BCUT2D eigenvalue weighted by Gasteiger charge is -2.29. The van der Waals surface area contributed by atoms with Crippen LogP contribution in [0.15, 0.2) is 0 Å². The molecule has 0 heterocycles. The van der Waals surface area contributed by atoms with Gasteiger partial charge in [-0.3, -0.25) is 0 Å². The fourth-order valence-corrected chi connectivity index (χ4v) is 1.01. The van der Waals surface area contributed by atoms with Gasteiger partial charge in [0.25, 0.3) is 0 Å². The number of hydrogen-bond donors (Lipinski definition) is 4. The molecule has 4 N–H and O–H groups in total. The lowest BCUT2D eigenvalue weighted by Crippen LogP contribution is -2.48. The Morgan fingerprint density at radius 1 is 1.14 bits per heavy atom. The quantitative estimate of drug-likeness (QED) is 0.379. The Labute approximate surface area is 85.5 Å². The smallest absolute Gasteiger partial charge is 0.114 e. The summed E-state index contributed by atoms with van der Waals surface area (Å²) in [5.41, 5.74) is 0. The number of aliphatic hydroxyl groups is 4. The molecule has 0 aliphatic carbocycles. The fraction of sp³-hybridized carbons (Fsp3) is 1.00. The van der Waals surface area contributed by atoms with Gasteiger partial charge in [0.05, 0.1) is 16.0 Å². The van der Waals surface area contributed by atoms with Gasteiger partial charge in [-0.25, -0.2) is 0 Å². The summed E-state index contributed by atoms with van der Waals surface area (Å²) in [5, 5.41) is 36.6. The number of aliphatic hydroxyl groups excluding tert-OH is 4. The Morgan fingerprint density at radius 3 is 2.21 bits per heavy atom. The number of hydrogen-bond acceptors (Lipinski definition) is 6. The first-order valence-corrected chi connectivity index (χ1v) is 4.01. The molecule has 4 atom stereocenters. The second-order valence-corrected chi connectivity index (χ2v) is 2.76. The van der Waals surface area contributed by atoms with E-state index in [-0.39, 0.29) is 0 Å². The van der Waals surface area contributed by atoms with E-state index >= 15 is 0 Å². The van der Waals surface area contributed by atoms with Crippen LogP contribution in [0.5, 0.6) is 0 Å². The van der Waals surface area contributed by atoms with Gasteiger partial charge in [0.15, 0.2) is 0 Å². The molecule has 0 saturated carbocycles. The van der Waals surface area contributed by atoms with Crippen molar-refractivity contribution in [2.75, 3.05) is 27.4 Å². The van der Waals surface area contributed by atoms with E-state index in [1.165, 1.54) is 0 Å². The molecule has 0 aromatic rings. The van der Waals surface area contributed by atoms with Gasteiger partial charge in [0.1, 0.15) is 24.4 Å². The molecule has 0 aromatic heterocycles. The van der Waals surface area contributed by atoms with Gasteiger partial charge in [0, 0.05) is 14.2 Å². The average Bonchev–Trinajstić information content (AvgIpc) is 2.31. The summed E-state index contributed by atoms with van der Waals surface area (Å²) in [6.07, 6.45) is -5.16. The highest BCUT2D eigenvalue weighted by atomic mass is 16.5. The van der Waals surface area contributed by atoms with Crippen LogP contribution in [0.25, 0.3) is 0 Å². The lowest BCUT2D eigenvalue weighted by molar-refractivity contribution is -0.144. The minimum Gasteiger partial charge on any atom is -0.394 e. The van der Waals surface area contributed by atoms with Crippen LogP contribution in [0, 0.1) is 0 Å². The molecule has 6 nitrogen and oxygen atoms in total. The molecule has 6 heteroatoms. The third-order valence-electron chi connectivity index (χ3n) is 1.87. The zero-order chi connectivity index (χ0) is 12.6. The topological polar surface area (TPSA) is 99.4 Å². The molecule has 0 saturated heterocycles. The van der Waals surface area contributed by atoms with Crippen molar-refractivity contribution in [2.45, 2.75) is 24.4 Å². The highest BCUT2D eigenvalue weighted by Crippen LogP contribution is 2.10. The van der Waals surface area contributed by atoms with Gasteiger partial charge in [-0.05, 0) is 0 Å². The normalized spacial score (nSPS) is 22.0.